The van der Waals surface area contributed by atoms with Gasteiger partial charge in [0.15, 0.2) is 18.8 Å². The molecule has 0 radical (unpaired) electrons. The number of hydrogen-bond acceptors (Lipinski definition) is 9. The topological polar surface area (TPSA) is 155 Å². The van der Waals surface area contributed by atoms with Crippen molar-refractivity contribution >= 4 is 36.2 Å². The SMILES string of the molecule is CCCOC(=O)C(C)(C)NP(=O)(CO[C@H](C)Cn1cnc2c(N)ncnc21)CC(=O)N(CC)CC. The molecule has 2 aromatic heterocycles. The van der Waals surface area contributed by atoms with Gasteiger partial charge in [0.05, 0.1) is 31.7 Å². The van der Waals surface area contributed by atoms with Crippen LogP contribution in [0.15, 0.2) is 12.7 Å². The van der Waals surface area contributed by atoms with Crippen molar-refractivity contribution in [2.24, 2.45) is 0 Å². The second-order valence-corrected chi connectivity index (χ2v) is 11.5. The molecular weight excluding hydrogens is 473 g/mol. The Morgan fingerprint density at radius 3 is 2.54 bits per heavy atom. The second-order valence-electron chi connectivity index (χ2n) is 8.92. The lowest BCUT2D eigenvalue weighted by molar-refractivity contribution is -0.149. The van der Waals surface area contributed by atoms with E-state index in [-0.39, 0.29) is 30.8 Å². The highest BCUT2D eigenvalue weighted by molar-refractivity contribution is 7.62. The Kier molecular flexibility index (Phi) is 10.2. The van der Waals surface area contributed by atoms with E-state index in [0.717, 1.165) is 0 Å². The fraction of sp³-hybridized carbons (Fsp3) is 0.682. The summed E-state index contributed by atoms with van der Waals surface area (Å²) >= 11 is 0. The monoisotopic (exact) mass is 511 g/mol. The number of carbonyl (C=O) groups is 2. The lowest BCUT2D eigenvalue weighted by Crippen LogP contribution is -2.48. The van der Waals surface area contributed by atoms with Gasteiger partial charge in [0.2, 0.25) is 5.91 Å². The quantitative estimate of drug-likeness (QED) is 0.285. The van der Waals surface area contributed by atoms with Crippen LogP contribution >= 0.6 is 7.29 Å². The number of nitrogens with zero attached hydrogens (tertiary/aromatic N) is 5. The molecule has 196 valence electrons. The summed E-state index contributed by atoms with van der Waals surface area (Å²) in [7, 11) is -3.50. The minimum absolute atomic E-state index is 0.241. The van der Waals surface area contributed by atoms with E-state index < -0.39 is 24.9 Å². The van der Waals surface area contributed by atoms with Crippen molar-refractivity contribution in [2.45, 2.75) is 66.2 Å². The van der Waals surface area contributed by atoms with Gasteiger partial charge in [0.25, 0.3) is 0 Å². The standard InChI is InChI=1S/C22H38N7O5P/c1-7-10-33-21(31)22(5,6)27-35(32,12-17(30)28(8-2)9-3)15-34-16(4)11-29-14-26-18-19(23)24-13-25-20(18)29/h13-14,16H,7-12,15H2,1-6H3,(H,27,32)(H2,23,24,25)/t16-,35?/m1/s1. The average molecular weight is 512 g/mol. The first-order valence-electron chi connectivity index (χ1n) is 11.8. The van der Waals surface area contributed by atoms with E-state index in [1.807, 2.05) is 27.7 Å². The molecule has 0 saturated heterocycles. The first-order chi connectivity index (χ1) is 16.5. The molecule has 2 aromatic rings. The predicted octanol–water partition coefficient (Wildman–Crippen LogP) is 2.24. The number of rotatable bonds is 14. The molecule has 1 unspecified atom stereocenters. The van der Waals surface area contributed by atoms with E-state index in [2.05, 4.69) is 20.0 Å². The van der Waals surface area contributed by atoms with Crippen LogP contribution in [0.3, 0.4) is 0 Å². The van der Waals surface area contributed by atoms with Gasteiger partial charge in [-0.25, -0.2) is 20.0 Å². The number of amides is 1. The van der Waals surface area contributed by atoms with Crippen LogP contribution in [0.1, 0.15) is 48.0 Å². The Bertz CT molecular complexity index is 1050. The van der Waals surface area contributed by atoms with E-state index in [0.29, 0.717) is 37.2 Å². The minimum atomic E-state index is -3.50. The molecule has 0 aliphatic heterocycles. The number of esters is 1. The van der Waals surface area contributed by atoms with Crippen LogP contribution < -0.4 is 10.8 Å². The van der Waals surface area contributed by atoms with Crippen LogP contribution in [0.2, 0.25) is 0 Å². The Labute approximate surface area is 206 Å². The zero-order valence-corrected chi connectivity index (χ0v) is 22.4. The van der Waals surface area contributed by atoms with Crippen molar-refractivity contribution in [3.05, 3.63) is 12.7 Å². The molecule has 2 rings (SSSR count). The maximum atomic E-state index is 14.0. The van der Waals surface area contributed by atoms with Crippen molar-refractivity contribution in [1.29, 1.82) is 0 Å². The number of ether oxygens (including phenoxy) is 2. The lowest BCUT2D eigenvalue weighted by Gasteiger charge is -2.31. The van der Waals surface area contributed by atoms with E-state index in [9.17, 15) is 14.2 Å². The second kappa shape index (κ2) is 12.4. The summed E-state index contributed by atoms with van der Waals surface area (Å²) in [4.78, 5) is 39.4. The van der Waals surface area contributed by atoms with Crippen LogP contribution in [0.4, 0.5) is 5.82 Å². The Balaban J connectivity index is 2.17. The summed E-state index contributed by atoms with van der Waals surface area (Å²) in [6, 6.07) is 0. The van der Waals surface area contributed by atoms with Gasteiger partial charge in [-0.1, -0.05) is 6.92 Å². The molecule has 2 heterocycles. The molecule has 12 nitrogen and oxygen atoms in total. The molecule has 0 fully saturated rings. The van der Waals surface area contributed by atoms with E-state index >= 15 is 0 Å². The number of aromatic nitrogens is 4. The number of nitrogens with one attached hydrogen (secondary N) is 1. The number of anilines is 1. The highest BCUT2D eigenvalue weighted by Gasteiger charge is 2.39. The van der Waals surface area contributed by atoms with Gasteiger partial charge in [0.1, 0.15) is 23.7 Å². The number of fused-ring (bicyclic) bond motifs is 1. The van der Waals surface area contributed by atoms with Crippen molar-refractivity contribution in [2.75, 3.05) is 37.9 Å². The fourth-order valence-corrected chi connectivity index (χ4v) is 6.03. The zero-order chi connectivity index (χ0) is 26.2. The normalized spacial score (nSPS) is 14.5. The van der Waals surface area contributed by atoms with E-state index in [4.69, 9.17) is 15.2 Å². The molecule has 0 saturated carbocycles. The van der Waals surface area contributed by atoms with Crippen LogP contribution in [0.25, 0.3) is 11.2 Å². The molecule has 0 aromatic carbocycles. The van der Waals surface area contributed by atoms with Crippen LogP contribution in [0.5, 0.6) is 0 Å². The zero-order valence-electron chi connectivity index (χ0n) is 21.5. The molecule has 13 heteroatoms. The first-order valence-corrected chi connectivity index (χ1v) is 13.9. The molecule has 2 atom stereocenters. The van der Waals surface area contributed by atoms with E-state index in [1.54, 1.807) is 29.6 Å². The molecule has 35 heavy (non-hydrogen) atoms. The van der Waals surface area contributed by atoms with Crippen molar-refractivity contribution in [3.63, 3.8) is 0 Å². The third-order valence-corrected chi connectivity index (χ3v) is 7.70. The highest BCUT2D eigenvalue weighted by atomic mass is 31.2. The van der Waals surface area contributed by atoms with Gasteiger partial charge < -0.3 is 29.2 Å². The summed E-state index contributed by atoms with van der Waals surface area (Å²) in [6.07, 6.45) is 2.69. The molecule has 1 amide bonds. The number of imidazole rings is 1. The minimum Gasteiger partial charge on any atom is -0.464 e. The van der Waals surface area contributed by atoms with Gasteiger partial charge in [-0.05, 0) is 41.0 Å². The molecular formula is C22H38N7O5P. The van der Waals surface area contributed by atoms with Crippen molar-refractivity contribution in [3.8, 4) is 0 Å². The summed E-state index contributed by atoms with van der Waals surface area (Å²) in [6.45, 7) is 12.2. The number of carbonyl (C=O) groups excluding carboxylic acids is 2. The van der Waals surface area contributed by atoms with Crippen molar-refractivity contribution in [1.82, 2.24) is 29.5 Å². The Morgan fingerprint density at radius 1 is 1.23 bits per heavy atom. The highest BCUT2D eigenvalue weighted by Crippen LogP contribution is 2.44. The Morgan fingerprint density at radius 2 is 1.91 bits per heavy atom. The molecule has 0 aliphatic rings. The first kappa shape index (κ1) is 28.7. The maximum absolute atomic E-state index is 14.0. The number of nitrogens with two attached hydrogens (primary N) is 1. The third-order valence-electron chi connectivity index (χ3n) is 5.39. The number of nitrogen functional groups attached to an aromatic ring is 1. The smallest absolute Gasteiger partial charge is 0.326 e. The molecule has 3 N–H and O–H groups in total. The maximum Gasteiger partial charge on any atom is 0.326 e. The van der Waals surface area contributed by atoms with Crippen LogP contribution in [-0.4, -0.2) is 80.1 Å². The van der Waals surface area contributed by atoms with Crippen LogP contribution in [0, 0.1) is 0 Å². The van der Waals surface area contributed by atoms with Crippen LogP contribution in [-0.2, 0) is 30.2 Å². The predicted molar refractivity (Wildman–Crippen MR) is 134 cm³/mol. The number of hydrogen-bond donors (Lipinski definition) is 2. The third kappa shape index (κ3) is 7.71. The lowest BCUT2D eigenvalue weighted by atomic mass is 10.1. The summed E-state index contributed by atoms with van der Waals surface area (Å²) in [5.41, 5.74) is 5.63. The fourth-order valence-electron chi connectivity index (χ4n) is 3.55. The molecule has 0 bridgehead atoms. The summed E-state index contributed by atoms with van der Waals surface area (Å²) < 4.78 is 26.9. The summed E-state index contributed by atoms with van der Waals surface area (Å²) in [5, 5.41) is 2.92. The molecule has 0 spiro atoms. The van der Waals surface area contributed by atoms with Gasteiger partial charge in [0, 0.05) is 13.1 Å². The largest absolute Gasteiger partial charge is 0.464 e. The summed E-state index contributed by atoms with van der Waals surface area (Å²) in [5.74, 6) is -0.527. The van der Waals surface area contributed by atoms with Gasteiger partial charge in [-0.2, -0.15) is 0 Å². The van der Waals surface area contributed by atoms with Crippen molar-refractivity contribution < 1.29 is 23.6 Å². The van der Waals surface area contributed by atoms with Gasteiger partial charge in [-0.3, -0.25) is 9.59 Å². The Hall–Kier alpha value is -2.56. The van der Waals surface area contributed by atoms with Gasteiger partial charge in [-0.15, -0.1) is 0 Å². The van der Waals surface area contributed by atoms with E-state index in [1.165, 1.54) is 6.33 Å². The molecule has 0 aliphatic carbocycles. The average Bonchev–Trinajstić information content (AvgIpc) is 3.20. The van der Waals surface area contributed by atoms with Gasteiger partial charge >= 0.3 is 5.97 Å².